The van der Waals surface area contributed by atoms with Crippen LogP contribution in [0.5, 0.6) is 0 Å². The Morgan fingerprint density at radius 3 is 2.44 bits per heavy atom. The van der Waals surface area contributed by atoms with Gasteiger partial charge in [-0.25, -0.2) is 0 Å². The number of aliphatic hydroxyl groups is 1. The number of halogens is 1. The van der Waals surface area contributed by atoms with E-state index in [1.54, 1.807) is 6.08 Å². The third-order valence-corrected chi connectivity index (χ3v) is 4.91. The minimum absolute atomic E-state index is 0.132. The zero-order valence-electron chi connectivity index (χ0n) is 5.89. The van der Waals surface area contributed by atoms with E-state index in [2.05, 4.69) is 18.8 Å². The fourth-order valence-electron chi connectivity index (χ4n) is 0.416. The van der Waals surface area contributed by atoms with Crippen LogP contribution in [0, 0.1) is 0 Å². The second-order valence-electron chi connectivity index (χ2n) is 2.71. The van der Waals surface area contributed by atoms with E-state index in [1.165, 1.54) is 0 Å². The Morgan fingerprint density at radius 1 is 1.56 bits per heavy atom. The molecule has 54 valence electrons. The van der Waals surface area contributed by atoms with Crippen LogP contribution in [0.2, 0.25) is 13.1 Å². The summed E-state index contributed by atoms with van der Waals surface area (Å²) in [7, 11) is -1.27. The summed E-state index contributed by atoms with van der Waals surface area (Å²) in [6, 6.07) is 0. The molecule has 0 saturated heterocycles. The van der Waals surface area contributed by atoms with Gasteiger partial charge in [-0.3, -0.25) is 0 Å². The van der Waals surface area contributed by atoms with Crippen LogP contribution in [0.3, 0.4) is 0 Å². The predicted octanol–water partition coefficient (Wildman–Crippen LogP) is 1.56. The quantitative estimate of drug-likeness (QED) is 0.496. The summed E-state index contributed by atoms with van der Waals surface area (Å²) in [5.41, 5.74) is 2.78. The molecule has 0 aromatic heterocycles. The molecule has 1 N–H and O–H groups in total. The summed E-state index contributed by atoms with van der Waals surface area (Å²) in [5.74, 6) is 0. The molecule has 0 aliphatic heterocycles. The van der Waals surface area contributed by atoms with E-state index < -0.39 is 8.07 Å². The van der Waals surface area contributed by atoms with Crippen molar-refractivity contribution < 1.29 is 5.11 Å². The monoisotopic (exact) mass is 164 g/mol. The first-order valence-corrected chi connectivity index (χ1v) is 6.79. The summed E-state index contributed by atoms with van der Waals surface area (Å²) < 4.78 is 0. The highest BCUT2D eigenvalue weighted by molar-refractivity contribution is 6.87. The molecular formula is C6H13ClOSi. The normalized spacial score (nSPS) is 12.9. The third-order valence-electron chi connectivity index (χ3n) is 1.02. The highest BCUT2D eigenvalue weighted by atomic mass is 35.5. The number of hydrogen-bond acceptors (Lipinski definition) is 1. The molecule has 0 heterocycles. The van der Waals surface area contributed by atoms with Gasteiger partial charge in [0.1, 0.15) is 0 Å². The SMILES string of the molecule is C[Si](C)(/C=C/CO)CCl. The lowest BCUT2D eigenvalue weighted by molar-refractivity contribution is 0.343. The van der Waals surface area contributed by atoms with Crippen molar-refractivity contribution in [2.24, 2.45) is 0 Å². The van der Waals surface area contributed by atoms with Crippen LogP contribution in [0.4, 0.5) is 0 Å². The molecule has 0 aromatic carbocycles. The Bertz CT molecular complexity index is 101. The fourth-order valence-corrected chi connectivity index (χ4v) is 1.52. The average molecular weight is 165 g/mol. The van der Waals surface area contributed by atoms with Crippen molar-refractivity contribution in [2.75, 3.05) is 12.1 Å². The fraction of sp³-hybridized carbons (Fsp3) is 0.667. The molecular weight excluding hydrogens is 152 g/mol. The van der Waals surface area contributed by atoms with Crippen LogP contribution >= 0.6 is 11.6 Å². The van der Waals surface area contributed by atoms with Gasteiger partial charge in [-0.15, -0.1) is 11.6 Å². The number of hydrogen-bond donors (Lipinski definition) is 1. The first kappa shape index (κ1) is 9.21. The summed E-state index contributed by atoms with van der Waals surface area (Å²) in [4.78, 5) is 0. The van der Waals surface area contributed by atoms with Crippen molar-refractivity contribution in [3.63, 3.8) is 0 Å². The molecule has 0 spiro atoms. The van der Waals surface area contributed by atoms with Crippen LogP contribution < -0.4 is 0 Å². The molecule has 0 aliphatic carbocycles. The summed E-state index contributed by atoms with van der Waals surface area (Å²) in [6.07, 6.45) is 1.77. The van der Waals surface area contributed by atoms with Crippen LogP contribution in [-0.2, 0) is 0 Å². The third kappa shape index (κ3) is 4.69. The van der Waals surface area contributed by atoms with Gasteiger partial charge in [-0.2, -0.15) is 0 Å². The van der Waals surface area contributed by atoms with Crippen LogP contribution in [0.15, 0.2) is 11.8 Å². The highest BCUT2D eigenvalue weighted by Gasteiger charge is 2.13. The summed E-state index contributed by atoms with van der Waals surface area (Å²) in [6.45, 7) is 4.45. The minimum Gasteiger partial charge on any atom is -0.392 e. The van der Waals surface area contributed by atoms with Gasteiger partial charge in [0.2, 0.25) is 0 Å². The smallest absolute Gasteiger partial charge is 0.0868 e. The van der Waals surface area contributed by atoms with E-state index in [-0.39, 0.29) is 6.61 Å². The maximum atomic E-state index is 8.42. The van der Waals surface area contributed by atoms with Gasteiger partial charge in [0.05, 0.1) is 14.7 Å². The predicted molar refractivity (Wildman–Crippen MR) is 44.4 cm³/mol. The van der Waals surface area contributed by atoms with Gasteiger partial charge in [0.15, 0.2) is 0 Å². The number of aliphatic hydroxyl groups excluding tert-OH is 1. The number of rotatable bonds is 3. The van der Waals surface area contributed by atoms with Crippen molar-refractivity contribution in [1.82, 2.24) is 0 Å². The summed E-state index contributed by atoms with van der Waals surface area (Å²) >= 11 is 5.66. The van der Waals surface area contributed by atoms with Crippen molar-refractivity contribution >= 4 is 19.7 Å². The van der Waals surface area contributed by atoms with Crippen molar-refractivity contribution in [3.8, 4) is 0 Å². The molecule has 0 amide bonds. The minimum atomic E-state index is -1.27. The van der Waals surface area contributed by atoms with Crippen molar-refractivity contribution in [2.45, 2.75) is 13.1 Å². The molecule has 0 saturated carbocycles. The lowest BCUT2D eigenvalue weighted by Crippen LogP contribution is -2.25. The number of alkyl halides is 1. The highest BCUT2D eigenvalue weighted by Crippen LogP contribution is 2.04. The standard InChI is InChI=1S/C6H13ClOSi/c1-9(2,6-7)5-3-4-8/h3,5,8H,4,6H2,1-2H3/b5-3+. The van der Waals surface area contributed by atoms with E-state index in [4.69, 9.17) is 16.7 Å². The molecule has 0 fully saturated rings. The lowest BCUT2D eigenvalue weighted by atomic mass is 10.7. The van der Waals surface area contributed by atoms with Crippen LogP contribution in [-0.4, -0.2) is 25.3 Å². The van der Waals surface area contributed by atoms with E-state index in [9.17, 15) is 0 Å². The van der Waals surface area contributed by atoms with Crippen molar-refractivity contribution in [1.29, 1.82) is 0 Å². The van der Waals surface area contributed by atoms with Crippen LogP contribution in [0.25, 0.3) is 0 Å². The van der Waals surface area contributed by atoms with Gasteiger partial charge in [0, 0.05) is 5.50 Å². The van der Waals surface area contributed by atoms with Gasteiger partial charge < -0.3 is 5.11 Å². The van der Waals surface area contributed by atoms with Gasteiger partial charge in [-0.1, -0.05) is 24.9 Å². The lowest BCUT2D eigenvalue weighted by Gasteiger charge is -2.11. The topological polar surface area (TPSA) is 20.2 Å². The first-order valence-electron chi connectivity index (χ1n) is 2.97. The Morgan fingerprint density at radius 2 is 2.11 bits per heavy atom. The summed E-state index contributed by atoms with van der Waals surface area (Å²) in [5, 5.41) is 8.42. The molecule has 0 atom stereocenters. The Balaban J connectivity index is 3.70. The van der Waals surface area contributed by atoms with Gasteiger partial charge >= 0.3 is 0 Å². The van der Waals surface area contributed by atoms with Gasteiger partial charge in [0.25, 0.3) is 0 Å². The zero-order chi connectivity index (χ0) is 7.33. The molecule has 0 bridgehead atoms. The molecule has 0 rings (SSSR count). The van der Waals surface area contributed by atoms with E-state index in [1.807, 2.05) is 0 Å². The molecule has 3 heteroatoms. The largest absolute Gasteiger partial charge is 0.392 e. The second-order valence-corrected chi connectivity index (χ2v) is 8.09. The first-order chi connectivity index (χ1) is 4.12. The van der Waals surface area contributed by atoms with Crippen molar-refractivity contribution in [3.05, 3.63) is 11.8 Å². The van der Waals surface area contributed by atoms with E-state index in [0.29, 0.717) is 0 Å². The molecule has 0 unspecified atom stereocenters. The molecule has 9 heavy (non-hydrogen) atoms. The van der Waals surface area contributed by atoms with Gasteiger partial charge in [-0.05, 0) is 0 Å². The Kier molecular flexibility index (Phi) is 4.19. The maximum absolute atomic E-state index is 8.42. The maximum Gasteiger partial charge on any atom is 0.0868 e. The molecule has 0 aliphatic rings. The molecule has 1 nitrogen and oxygen atoms in total. The molecule has 0 aromatic rings. The Labute approximate surface area is 62.4 Å². The van der Waals surface area contributed by atoms with E-state index >= 15 is 0 Å². The Hall–Kier alpha value is 0.207. The molecule has 0 radical (unpaired) electrons. The van der Waals surface area contributed by atoms with Crippen LogP contribution in [0.1, 0.15) is 0 Å². The average Bonchev–Trinajstić information content (AvgIpc) is 1.84. The second kappa shape index (κ2) is 4.09. The van der Waals surface area contributed by atoms with E-state index in [0.717, 1.165) is 5.50 Å². The zero-order valence-corrected chi connectivity index (χ0v) is 7.65.